The fourth-order valence-electron chi connectivity index (χ4n) is 2.78. The molecule has 3 rings (SSSR count). The number of halogens is 1. The lowest BCUT2D eigenvalue weighted by atomic mass is 9.97. The monoisotopic (exact) mass is 371 g/mol. The predicted molar refractivity (Wildman–Crippen MR) is 101 cm³/mol. The standard InChI is InChI=1S/C20H18ClNO4/c1-24-17-8-13(9-18(25-2)20(17)26-3)15-10-22-11-16(15)19(23)12-4-6-14(21)7-5-12/h4-11,22H,1-3H3. The first-order valence-corrected chi connectivity index (χ1v) is 8.24. The topological polar surface area (TPSA) is 60.6 Å². The van der Waals surface area contributed by atoms with Crippen LogP contribution in [0, 0.1) is 0 Å². The first-order valence-electron chi connectivity index (χ1n) is 7.86. The molecular weight excluding hydrogens is 354 g/mol. The Balaban J connectivity index is 2.08. The number of carbonyl (C=O) groups is 1. The van der Waals surface area contributed by atoms with Crippen LogP contribution in [0.4, 0.5) is 0 Å². The van der Waals surface area contributed by atoms with Gasteiger partial charge in [-0.15, -0.1) is 0 Å². The van der Waals surface area contributed by atoms with Crippen molar-refractivity contribution in [3.8, 4) is 28.4 Å². The number of rotatable bonds is 6. The molecule has 1 heterocycles. The third-order valence-electron chi connectivity index (χ3n) is 4.07. The predicted octanol–water partition coefficient (Wildman–Crippen LogP) is 4.59. The minimum absolute atomic E-state index is 0.105. The molecule has 0 atom stereocenters. The van der Waals surface area contributed by atoms with Crippen molar-refractivity contribution in [2.75, 3.05) is 21.3 Å². The van der Waals surface area contributed by atoms with E-state index >= 15 is 0 Å². The molecule has 0 radical (unpaired) electrons. The molecule has 0 aliphatic carbocycles. The second-order valence-electron chi connectivity index (χ2n) is 5.53. The Morgan fingerprint density at radius 3 is 2.08 bits per heavy atom. The number of hydrogen-bond donors (Lipinski definition) is 1. The Labute approximate surface area is 156 Å². The number of aromatic nitrogens is 1. The van der Waals surface area contributed by atoms with Gasteiger partial charge in [0.1, 0.15) is 0 Å². The first kappa shape index (κ1) is 17.9. The van der Waals surface area contributed by atoms with Crippen LogP contribution in [0.3, 0.4) is 0 Å². The van der Waals surface area contributed by atoms with E-state index in [1.54, 1.807) is 58.0 Å². The summed E-state index contributed by atoms with van der Waals surface area (Å²) in [6, 6.07) is 10.4. The maximum Gasteiger partial charge on any atom is 0.203 e. The van der Waals surface area contributed by atoms with Crippen LogP contribution < -0.4 is 14.2 Å². The van der Waals surface area contributed by atoms with E-state index < -0.39 is 0 Å². The normalized spacial score (nSPS) is 10.5. The van der Waals surface area contributed by atoms with Crippen LogP contribution in [-0.4, -0.2) is 32.1 Å². The lowest BCUT2D eigenvalue weighted by Crippen LogP contribution is -2.02. The van der Waals surface area contributed by atoms with Crippen LogP contribution in [0.25, 0.3) is 11.1 Å². The van der Waals surface area contributed by atoms with Crippen molar-refractivity contribution in [3.63, 3.8) is 0 Å². The Morgan fingerprint density at radius 2 is 1.54 bits per heavy atom. The second kappa shape index (κ2) is 7.54. The average Bonchev–Trinajstić information content (AvgIpc) is 3.16. The maximum atomic E-state index is 12.9. The molecule has 0 spiro atoms. The Kier molecular flexibility index (Phi) is 5.19. The number of carbonyl (C=O) groups excluding carboxylic acids is 1. The van der Waals surface area contributed by atoms with Crippen LogP contribution in [0.5, 0.6) is 17.2 Å². The number of ketones is 1. The van der Waals surface area contributed by atoms with Gasteiger partial charge in [-0.3, -0.25) is 4.79 Å². The number of ether oxygens (including phenoxy) is 3. The molecule has 0 amide bonds. The van der Waals surface area contributed by atoms with Gasteiger partial charge in [0.2, 0.25) is 5.75 Å². The summed E-state index contributed by atoms with van der Waals surface area (Å²) < 4.78 is 16.2. The minimum Gasteiger partial charge on any atom is -0.493 e. The van der Waals surface area contributed by atoms with Crippen LogP contribution in [0.1, 0.15) is 15.9 Å². The highest BCUT2D eigenvalue weighted by atomic mass is 35.5. The molecule has 3 aromatic rings. The smallest absolute Gasteiger partial charge is 0.203 e. The van der Waals surface area contributed by atoms with E-state index in [1.165, 1.54) is 0 Å². The summed E-state index contributed by atoms with van der Waals surface area (Å²) in [5.74, 6) is 1.44. The molecule has 1 N–H and O–H groups in total. The zero-order valence-electron chi connectivity index (χ0n) is 14.6. The molecule has 0 unspecified atom stereocenters. The highest BCUT2D eigenvalue weighted by Gasteiger charge is 2.20. The first-order chi connectivity index (χ1) is 12.6. The van der Waals surface area contributed by atoms with Gasteiger partial charge in [-0.1, -0.05) is 11.6 Å². The molecule has 6 heteroatoms. The summed E-state index contributed by atoms with van der Waals surface area (Å²) in [7, 11) is 4.65. The van der Waals surface area contributed by atoms with Crippen LogP contribution in [-0.2, 0) is 0 Å². The van der Waals surface area contributed by atoms with E-state index in [-0.39, 0.29) is 5.78 Å². The fourth-order valence-corrected chi connectivity index (χ4v) is 2.91. The lowest BCUT2D eigenvalue weighted by molar-refractivity contribution is 0.103. The molecule has 0 saturated carbocycles. The van der Waals surface area contributed by atoms with Gasteiger partial charge in [0.05, 0.1) is 21.3 Å². The highest BCUT2D eigenvalue weighted by Crippen LogP contribution is 2.42. The van der Waals surface area contributed by atoms with Crippen molar-refractivity contribution in [1.29, 1.82) is 0 Å². The SMILES string of the molecule is COc1cc(-c2c[nH]cc2C(=O)c2ccc(Cl)cc2)cc(OC)c1OC. The summed E-state index contributed by atoms with van der Waals surface area (Å²) in [6.45, 7) is 0. The van der Waals surface area contributed by atoms with Crippen molar-refractivity contribution in [3.05, 3.63) is 64.9 Å². The van der Waals surface area contributed by atoms with Gasteiger partial charge >= 0.3 is 0 Å². The molecule has 26 heavy (non-hydrogen) atoms. The third-order valence-corrected chi connectivity index (χ3v) is 4.32. The van der Waals surface area contributed by atoms with Crippen LogP contribution in [0.15, 0.2) is 48.8 Å². The van der Waals surface area contributed by atoms with Gasteiger partial charge < -0.3 is 19.2 Å². The van der Waals surface area contributed by atoms with Crippen LogP contribution in [0.2, 0.25) is 5.02 Å². The number of methoxy groups -OCH3 is 3. The zero-order chi connectivity index (χ0) is 18.7. The van der Waals surface area contributed by atoms with Crippen molar-refractivity contribution in [1.82, 2.24) is 4.98 Å². The summed E-state index contributed by atoms with van der Waals surface area (Å²) >= 11 is 5.91. The van der Waals surface area contributed by atoms with E-state index in [1.807, 2.05) is 12.1 Å². The molecule has 0 fully saturated rings. The van der Waals surface area contributed by atoms with E-state index in [2.05, 4.69) is 4.98 Å². The van der Waals surface area contributed by atoms with Crippen LogP contribution >= 0.6 is 11.6 Å². The van der Waals surface area contributed by atoms with Gasteiger partial charge in [0, 0.05) is 34.1 Å². The summed E-state index contributed by atoms with van der Waals surface area (Å²) in [6.07, 6.45) is 3.44. The van der Waals surface area contributed by atoms with Gasteiger partial charge in [-0.2, -0.15) is 0 Å². The largest absolute Gasteiger partial charge is 0.493 e. The second-order valence-corrected chi connectivity index (χ2v) is 5.97. The van der Waals surface area contributed by atoms with Crippen molar-refractivity contribution in [2.45, 2.75) is 0 Å². The van der Waals surface area contributed by atoms with E-state index in [9.17, 15) is 4.79 Å². The van der Waals surface area contributed by atoms with Crippen molar-refractivity contribution >= 4 is 17.4 Å². The summed E-state index contributed by atoms with van der Waals surface area (Å²) in [4.78, 5) is 15.9. The maximum absolute atomic E-state index is 12.9. The molecular formula is C20H18ClNO4. The van der Waals surface area contributed by atoms with Crippen molar-refractivity contribution in [2.24, 2.45) is 0 Å². The molecule has 134 valence electrons. The Hall–Kier alpha value is -2.92. The molecule has 0 aliphatic rings. The van der Waals surface area contributed by atoms with Gasteiger partial charge in [0.25, 0.3) is 0 Å². The molecule has 5 nitrogen and oxygen atoms in total. The third kappa shape index (κ3) is 3.26. The van der Waals surface area contributed by atoms with Gasteiger partial charge in [-0.05, 0) is 42.0 Å². The number of H-pyrrole nitrogens is 1. The fraction of sp³-hybridized carbons (Fsp3) is 0.150. The van der Waals surface area contributed by atoms with Crippen molar-refractivity contribution < 1.29 is 19.0 Å². The van der Waals surface area contributed by atoms with E-state index in [0.717, 1.165) is 11.1 Å². The summed E-state index contributed by atoms with van der Waals surface area (Å²) in [5, 5.41) is 0.584. The minimum atomic E-state index is -0.105. The molecule has 0 aliphatic heterocycles. The van der Waals surface area contributed by atoms with E-state index in [4.69, 9.17) is 25.8 Å². The number of hydrogen-bond acceptors (Lipinski definition) is 4. The van der Waals surface area contributed by atoms with E-state index in [0.29, 0.717) is 33.4 Å². The summed E-state index contributed by atoms with van der Waals surface area (Å²) in [5.41, 5.74) is 2.62. The number of benzene rings is 2. The molecule has 2 aromatic carbocycles. The average molecular weight is 372 g/mol. The number of aromatic amines is 1. The Bertz CT molecular complexity index is 906. The lowest BCUT2D eigenvalue weighted by Gasteiger charge is -2.14. The molecule has 0 bridgehead atoms. The molecule has 1 aromatic heterocycles. The zero-order valence-corrected chi connectivity index (χ0v) is 15.4. The number of nitrogens with one attached hydrogen (secondary N) is 1. The highest BCUT2D eigenvalue weighted by molar-refractivity contribution is 6.30. The molecule has 0 saturated heterocycles. The van der Waals surface area contributed by atoms with Gasteiger partial charge in [-0.25, -0.2) is 0 Å². The Morgan fingerprint density at radius 1 is 0.923 bits per heavy atom. The van der Waals surface area contributed by atoms with Gasteiger partial charge in [0.15, 0.2) is 17.3 Å². The quantitative estimate of drug-likeness (QED) is 0.644.